The summed E-state index contributed by atoms with van der Waals surface area (Å²) < 4.78 is 5.33. The Hall–Kier alpha value is -2.66. The van der Waals surface area contributed by atoms with Crippen LogP contribution in [0.3, 0.4) is 0 Å². The molecule has 2 aromatic carbocycles. The molecule has 4 rings (SSSR count). The highest BCUT2D eigenvalue weighted by Crippen LogP contribution is 2.39. The molecule has 0 saturated heterocycles. The number of amides is 1. The van der Waals surface area contributed by atoms with Crippen LogP contribution in [-0.4, -0.2) is 18.0 Å². The number of nitrogens with zero attached hydrogens (tertiary/aromatic N) is 1. The van der Waals surface area contributed by atoms with Gasteiger partial charge in [0.25, 0.3) is 5.91 Å². The molecule has 24 heavy (non-hydrogen) atoms. The predicted octanol–water partition coefficient (Wildman–Crippen LogP) is 4.17. The maximum atomic E-state index is 12.3. The minimum Gasteiger partial charge on any atom is -0.497 e. The zero-order chi connectivity index (χ0) is 16.5. The van der Waals surface area contributed by atoms with Gasteiger partial charge in [-0.2, -0.15) is 0 Å². The molecule has 0 atom stereocenters. The van der Waals surface area contributed by atoms with Gasteiger partial charge in [-0.3, -0.25) is 10.1 Å². The lowest BCUT2D eigenvalue weighted by Crippen LogP contribution is -2.11. The molecule has 0 spiro atoms. The van der Waals surface area contributed by atoms with Crippen molar-refractivity contribution in [3.63, 3.8) is 0 Å². The average Bonchev–Trinajstić information content (AvgIpc) is 3.05. The number of methoxy groups -OCH3 is 1. The van der Waals surface area contributed by atoms with E-state index in [0.29, 0.717) is 10.7 Å². The van der Waals surface area contributed by atoms with Crippen molar-refractivity contribution in [2.45, 2.75) is 12.8 Å². The number of aromatic nitrogens is 1. The SMILES string of the molecule is COc1ccc2c(c1)-c1nc(NC(=O)c3ccccc3)sc1CC2. The lowest BCUT2D eigenvalue weighted by molar-refractivity contribution is 0.102. The van der Waals surface area contributed by atoms with Crippen LogP contribution in [0.25, 0.3) is 11.3 Å². The van der Waals surface area contributed by atoms with E-state index in [2.05, 4.69) is 16.4 Å². The second-order valence-corrected chi connectivity index (χ2v) is 6.72. The fourth-order valence-electron chi connectivity index (χ4n) is 2.91. The number of aryl methyl sites for hydroxylation is 2. The number of thiazole rings is 1. The van der Waals surface area contributed by atoms with Crippen LogP contribution in [0.4, 0.5) is 5.13 Å². The van der Waals surface area contributed by atoms with Crippen molar-refractivity contribution >= 4 is 22.4 Å². The van der Waals surface area contributed by atoms with Gasteiger partial charge in [-0.05, 0) is 42.7 Å². The number of rotatable bonds is 3. The third-order valence-electron chi connectivity index (χ3n) is 4.15. The van der Waals surface area contributed by atoms with E-state index in [4.69, 9.17) is 4.74 Å². The first-order chi connectivity index (χ1) is 11.7. The molecule has 0 aliphatic heterocycles. The van der Waals surface area contributed by atoms with Gasteiger partial charge in [0.2, 0.25) is 0 Å². The Kier molecular flexibility index (Phi) is 3.78. The number of anilines is 1. The Morgan fingerprint density at radius 1 is 1.17 bits per heavy atom. The summed E-state index contributed by atoms with van der Waals surface area (Å²) in [6.45, 7) is 0. The van der Waals surface area contributed by atoms with Crippen LogP contribution in [0.5, 0.6) is 5.75 Å². The van der Waals surface area contributed by atoms with Gasteiger partial charge in [0.15, 0.2) is 5.13 Å². The second-order valence-electron chi connectivity index (χ2n) is 5.63. The number of hydrogen-bond donors (Lipinski definition) is 1. The average molecular weight is 336 g/mol. The largest absolute Gasteiger partial charge is 0.497 e. The molecule has 0 fully saturated rings. The van der Waals surface area contributed by atoms with Crippen molar-refractivity contribution in [3.05, 3.63) is 64.5 Å². The summed E-state index contributed by atoms with van der Waals surface area (Å²) in [6, 6.07) is 15.3. The van der Waals surface area contributed by atoms with Crippen LogP contribution in [0.15, 0.2) is 48.5 Å². The van der Waals surface area contributed by atoms with Crippen molar-refractivity contribution in [2.75, 3.05) is 12.4 Å². The zero-order valence-corrected chi connectivity index (χ0v) is 14.0. The summed E-state index contributed by atoms with van der Waals surface area (Å²) in [5.74, 6) is 0.692. The highest BCUT2D eigenvalue weighted by molar-refractivity contribution is 7.16. The zero-order valence-electron chi connectivity index (χ0n) is 13.2. The van der Waals surface area contributed by atoms with Gasteiger partial charge in [0.1, 0.15) is 5.75 Å². The molecule has 5 heteroatoms. The molecule has 0 unspecified atom stereocenters. The molecule has 1 aliphatic carbocycles. The Labute approximate surface area is 144 Å². The van der Waals surface area contributed by atoms with Crippen LogP contribution in [-0.2, 0) is 12.8 Å². The topological polar surface area (TPSA) is 51.2 Å². The predicted molar refractivity (Wildman–Crippen MR) is 95.9 cm³/mol. The molecule has 1 aliphatic rings. The van der Waals surface area contributed by atoms with E-state index < -0.39 is 0 Å². The third kappa shape index (κ3) is 2.67. The first kappa shape index (κ1) is 14.9. The van der Waals surface area contributed by atoms with Gasteiger partial charge in [-0.1, -0.05) is 24.3 Å². The molecular formula is C19H16N2O2S. The maximum absolute atomic E-state index is 12.3. The van der Waals surface area contributed by atoms with Crippen LogP contribution in [0.2, 0.25) is 0 Å². The molecule has 3 aromatic rings. The first-order valence-electron chi connectivity index (χ1n) is 7.78. The molecule has 1 aromatic heterocycles. The molecule has 1 heterocycles. The molecule has 0 radical (unpaired) electrons. The van der Waals surface area contributed by atoms with Gasteiger partial charge in [0.05, 0.1) is 12.8 Å². The summed E-state index contributed by atoms with van der Waals surface area (Å²) in [6.07, 6.45) is 1.94. The minimum atomic E-state index is -0.132. The summed E-state index contributed by atoms with van der Waals surface area (Å²) in [5, 5.41) is 3.56. The van der Waals surface area contributed by atoms with Gasteiger partial charge >= 0.3 is 0 Å². The number of hydrogen-bond acceptors (Lipinski definition) is 4. The highest BCUT2D eigenvalue weighted by atomic mass is 32.1. The molecule has 0 bridgehead atoms. The van der Waals surface area contributed by atoms with Gasteiger partial charge < -0.3 is 4.74 Å². The lowest BCUT2D eigenvalue weighted by atomic mass is 9.93. The van der Waals surface area contributed by atoms with Crippen molar-refractivity contribution in [3.8, 4) is 17.0 Å². The molecule has 1 N–H and O–H groups in total. The van der Waals surface area contributed by atoms with E-state index in [1.165, 1.54) is 10.4 Å². The second kappa shape index (κ2) is 6.09. The van der Waals surface area contributed by atoms with Crippen molar-refractivity contribution < 1.29 is 9.53 Å². The number of ether oxygens (including phenoxy) is 1. The van der Waals surface area contributed by atoms with Crippen LogP contribution < -0.4 is 10.1 Å². The van der Waals surface area contributed by atoms with E-state index in [0.717, 1.165) is 29.8 Å². The fraction of sp³-hybridized carbons (Fsp3) is 0.158. The van der Waals surface area contributed by atoms with Gasteiger partial charge in [0, 0.05) is 16.0 Å². The standard InChI is InChI=1S/C19H16N2O2S/c1-23-14-9-7-12-8-10-16-17(15(12)11-14)20-19(24-16)21-18(22)13-5-3-2-4-6-13/h2-7,9,11H,8,10H2,1H3,(H,20,21,22). The monoisotopic (exact) mass is 336 g/mol. The molecule has 0 saturated carbocycles. The lowest BCUT2D eigenvalue weighted by Gasteiger charge is -2.15. The van der Waals surface area contributed by atoms with E-state index in [9.17, 15) is 4.79 Å². The van der Waals surface area contributed by atoms with E-state index in [-0.39, 0.29) is 5.91 Å². The summed E-state index contributed by atoms with van der Waals surface area (Å²) in [4.78, 5) is 18.2. The van der Waals surface area contributed by atoms with E-state index in [1.807, 2.05) is 30.3 Å². The smallest absolute Gasteiger partial charge is 0.257 e. The third-order valence-corrected chi connectivity index (χ3v) is 5.18. The van der Waals surface area contributed by atoms with Crippen LogP contribution in [0, 0.1) is 0 Å². The molecule has 120 valence electrons. The maximum Gasteiger partial charge on any atom is 0.257 e. The van der Waals surface area contributed by atoms with Crippen molar-refractivity contribution in [2.24, 2.45) is 0 Å². The van der Waals surface area contributed by atoms with Crippen molar-refractivity contribution in [1.82, 2.24) is 4.98 Å². The van der Waals surface area contributed by atoms with E-state index >= 15 is 0 Å². The number of fused-ring (bicyclic) bond motifs is 3. The Morgan fingerprint density at radius 3 is 2.79 bits per heavy atom. The first-order valence-corrected chi connectivity index (χ1v) is 8.59. The quantitative estimate of drug-likeness (QED) is 0.781. The fourth-order valence-corrected chi connectivity index (χ4v) is 3.88. The number of carbonyl (C=O) groups is 1. The molecular weight excluding hydrogens is 320 g/mol. The Balaban J connectivity index is 1.65. The Morgan fingerprint density at radius 2 is 2.00 bits per heavy atom. The number of benzene rings is 2. The highest BCUT2D eigenvalue weighted by Gasteiger charge is 2.22. The van der Waals surface area contributed by atoms with Gasteiger partial charge in [-0.25, -0.2) is 4.98 Å². The Bertz CT molecular complexity index is 903. The summed E-state index contributed by atoms with van der Waals surface area (Å²) >= 11 is 1.55. The molecule has 4 nitrogen and oxygen atoms in total. The number of carbonyl (C=O) groups excluding carboxylic acids is 1. The van der Waals surface area contributed by atoms with Crippen LogP contribution in [0.1, 0.15) is 20.8 Å². The van der Waals surface area contributed by atoms with Gasteiger partial charge in [-0.15, -0.1) is 11.3 Å². The normalized spacial score (nSPS) is 12.2. The minimum absolute atomic E-state index is 0.132. The van der Waals surface area contributed by atoms with Crippen LogP contribution >= 0.6 is 11.3 Å². The van der Waals surface area contributed by atoms with E-state index in [1.54, 1.807) is 30.6 Å². The summed E-state index contributed by atoms with van der Waals surface area (Å²) in [7, 11) is 1.66. The van der Waals surface area contributed by atoms with Crippen molar-refractivity contribution in [1.29, 1.82) is 0 Å². The number of nitrogens with one attached hydrogen (secondary N) is 1. The summed E-state index contributed by atoms with van der Waals surface area (Å²) in [5.41, 5.74) is 3.97. The molecule has 1 amide bonds.